The molecule has 9 heteroatoms. The lowest BCUT2D eigenvalue weighted by atomic mass is 10.0. The van der Waals surface area contributed by atoms with E-state index in [9.17, 15) is 4.79 Å². The van der Waals surface area contributed by atoms with Crippen LogP contribution in [0, 0.1) is 6.92 Å². The van der Waals surface area contributed by atoms with Crippen molar-refractivity contribution in [2.75, 3.05) is 32.7 Å². The predicted octanol–water partition coefficient (Wildman–Crippen LogP) is 3.02. The van der Waals surface area contributed by atoms with Gasteiger partial charge in [-0.1, -0.05) is 30.3 Å². The van der Waals surface area contributed by atoms with Gasteiger partial charge < -0.3 is 16.0 Å². The van der Waals surface area contributed by atoms with Crippen LogP contribution >= 0.6 is 35.3 Å². The van der Waals surface area contributed by atoms with Crippen LogP contribution in [0.3, 0.4) is 0 Å². The Morgan fingerprint density at radius 1 is 1.23 bits per heavy atom. The van der Waals surface area contributed by atoms with Gasteiger partial charge in [-0.15, -0.1) is 35.3 Å². The summed E-state index contributed by atoms with van der Waals surface area (Å²) in [7, 11) is 0. The van der Waals surface area contributed by atoms with E-state index in [2.05, 4.69) is 68.1 Å². The third-order valence-corrected chi connectivity index (χ3v) is 6.07. The molecule has 1 saturated heterocycles. The predicted molar refractivity (Wildman–Crippen MR) is 138 cm³/mol. The summed E-state index contributed by atoms with van der Waals surface area (Å²) < 4.78 is 0. The molecule has 0 aliphatic carbocycles. The Balaban J connectivity index is 0.00000341. The summed E-state index contributed by atoms with van der Waals surface area (Å²) >= 11 is 1.37. The van der Waals surface area contributed by atoms with Gasteiger partial charge in [0.25, 0.3) is 5.91 Å². The first-order valence-corrected chi connectivity index (χ1v) is 11.5. The number of hydrogen-bond donors (Lipinski definition) is 3. The van der Waals surface area contributed by atoms with E-state index in [1.165, 1.54) is 16.9 Å². The minimum Gasteiger partial charge on any atom is -0.357 e. The Hall–Kier alpha value is -1.72. The van der Waals surface area contributed by atoms with Crippen molar-refractivity contribution in [3.8, 4) is 0 Å². The van der Waals surface area contributed by atoms with Crippen molar-refractivity contribution in [1.29, 1.82) is 0 Å². The van der Waals surface area contributed by atoms with Crippen molar-refractivity contribution >= 4 is 47.2 Å². The number of nitrogens with one attached hydrogen (secondary N) is 3. The van der Waals surface area contributed by atoms with Crippen molar-refractivity contribution in [2.24, 2.45) is 4.99 Å². The zero-order valence-corrected chi connectivity index (χ0v) is 21.4. The summed E-state index contributed by atoms with van der Waals surface area (Å²) in [5, 5.41) is 9.79. The number of hydrogen-bond acceptors (Lipinski definition) is 5. The maximum atomic E-state index is 12.2. The summed E-state index contributed by atoms with van der Waals surface area (Å²) in [6.07, 6.45) is 2.19. The van der Waals surface area contributed by atoms with Gasteiger partial charge in [0.2, 0.25) is 0 Å². The number of aliphatic imine (C=N–C) groups is 1. The fourth-order valence-corrected chi connectivity index (χ4v) is 4.25. The molecule has 2 aromatic rings. The number of aromatic nitrogens is 1. The Bertz CT molecular complexity index is 820. The van der Waals surface area contributed by atoms with Gasteiger partial charge in [-0.2, -0.15) is 0 Å². The van der Waals surface area contributed by atoms with Crippen LogP contribution in [0.5, 0.6) is 0 Å². The zero-order chi connectivity index (χ0) is 21.2. The second-order valence-electron chi connectivity index (χ2n) is 7.46. The molecule has 0 saturated carbocycles. The van der Waals surface area contributed by atoms with Gasteiger partial charge in [-0.3, -0.25) is 14.7 Å². The largest absolute Gasteiger partial charge is 0.357 e. The van der Waals surface area contributed by atoms with Crippen molar-refractivity contribution in [3.05, 3.63) is 52.0 Å². The van der Waals surface area contributed by atoms with Crippen LogP contribution in [-0.2, 0) is 6.54 Å². The number of thiazole rings is 1. The molecule has 3 rings (SSSR count). The first-order valence-electron chi connectivity index (χ1n) is 10.6. The second-order valence-corrected chi connectivity index (χ2v) is 8.32. The van der Waals surface area contributed by atoms with Crippen molar-refractivity contribution in [1.82, 2.24) is 25.8 Å². The first-order chi connectivity index (χ1) is 14.7. The molecule has 0 atom stereocenters. The normalized spacial score (nSPS) is 15.2. The molecule has 0 bridgehead atoms. The monoisotopic (exact) mass is 556 g/mol. The number of guanidine groups is 1. The highest BCUT2D eigenvalue weighted by Crippen LogP contribution is 2.14. The highest BCUT2D eigenvalue weighted by atomic mass is 127. The number of rotatable bonds is 8. The quantitative estimate of drug-likeness (QED) is 0.202. The number of benzene rings is 1. The topological polar surface area (TPSA) is 81.6 Å². The van der Waals surface area contributed by atoms with Crippen LogP contribution in [0.4, 0.5) is 0 Å². The number of amides is 1. The lowest BCUT2D eigenvalue weighted by molar-refractivity contribution is 0.0958. The molecule has 1 amide bonds. The van der Waals surface area contributed by atoms with E-state index in [0.717, 1.165) is 50.7 Å². The maximum Gasteiger partial charge on any atom is 0.263 e. The molecule has 7 nitrogen and oxygen atoms in total. The maximum absolute atomic E-state index is 12.2. The summed E-state index contributed by atoms with van der Waals surface area (Å²) in [5.41, 5.74) is 3.84. The molecule has 1 aromatic carbocycles. The van der Waals surface area contributed by atoms with Crippen LogP contribution in [0.15, 0.2) is 40.8 Å². The lowest BCUT2D eigenvalue weighted by Crippen LogP contribution is -2.48. The van der Waals surface area contributed by atoms with E-state index < -0.39 is 0 Å². The van der Waals surface area contributed by atoms with Crippen molar-refractivity contribution in [2.45, 2.75) is 39.3 Å². The minimum absolute atomic E-state index is 0. The molecule has 1 aromatic heterocycles. The van der Waals surface area contributed by atoms with E-state index >= 15 is 0 Å². The fraction of sp³-hybridized carbons (Fsp3) is 0.500. The Labute approximate surface area is 206 Å². The lowest BCUT2D eigenvalue weighted by Gasteiger charge is -2.33. The first kappa shape index (κ1) is 25.5. The minimum atomic E-state index is -0.0750. The molecule has 1 fully saturated rings. The SMILES string of the molecule is CCNC(=NCCNC(=O)c1scnc1C)NC1CCN(Cc2ccccc2)CC1.I. The van der Waals surface area contributed by atoms with Gasteiger partial charge in [-0.25, -0.2) is 4.98 Å². The number of aryl methyl sites for hydroxylation is 1. The highest BCUT2D eigenvalue weighted by Gasteiger charge is 2.20. The molecule has 0 radical (unpaired) electrons. The standard InChI is InChI=1S/C22H32N6OS.HI/c1-3-23-22(25-12-11-24-21(29)20-17(2)26-16-30-20)27-19-9-13-28(14-10-19)15-18-7-5-4-6-8-18;/h4-8,16,19H,3,9-15H2,1-2H3,(H,24,29)(H2,23,25,27);1H. The number of nitrogens with zero attached hydrogens (tertiary/aromatic N) is 3. The Kier molecular flexibility index (Phi) is 11.2. The molecule has 3 N–H and O–H groups in total. The van der Waals surface area contributed by atoms with E-state index in [1.807, 2.05) is 6.92 Å². The molecule has 2 heterocycles. The molecule has 0 unspecified atom stereocenters. The number of carbonyl (C=O) groups excluding carboxylic acids is 1. The van der Waals surface area contributed by atoms with E-state index in [-0.39, 0.29) is 29.9 Å². The summed E-state index contributed by atoms with van der Waals surface area (Å²) in [4.78, 5) is 24.1. The summed E-state index contributed by atoms with van der Waals surface area (Å²) in [5.74, 6) is 0.746. The Morgan fingerprint density at radius 2 is 1.97 bits per heavy atom. The number of piperidine rings is 1. The molecule has 1 aliphatic rings. The van der Waals surface area contributed by atoms with E-state index in [0.29, 0.717) is 24.0 Å². The number of likely N-dealkylation sites (tertiary alicyclic amines) is 1. The molecule has 0 spiro atoms. The third kappa shape index (κ3) is 8.38. The number of carbonyl (C=O) groups is 1. The summed E-state index contributed by atoms with van der Waals surface area (Å²) in [6.45, 7) is 8.93. The van der Waals surface area contributed by atoms with Crippen molar-refractivity contribution in [3.63, 3.8) is 0 Å². The van der Waals surface area contributed by atoms with E-state index in [4.69, 9.17) is 0 Å². The third-order valence-electron chi connectivity index (χ3n) is 5.14. The Morgan fingerprint density at radius 3 is 2.61 bits per heavy atom. The molecule has 1 aliphatic heterocycles. The zero-order valence-electron chi connectivity index (χ0n) is 18.3. The van der Waals surface area contributed by atoms with Gasteiger partial charge in [0.1, 0.15) is 4.88 Å². The van der Waals surface area contributed by atoms with Gasteiger partial charge in [-0.05, 0) is 32.3 Å². The van der Waals surface area contributed by atoms with Gasteiger partial charge >= 0.3 is 0 Å². The van der Waals surface area contributed by atoms with Crippen LogP contribution < -0.4 is 16.0 Å². The van der Waals surface area contributed by atoms with Gasteiger partial charge in [0.15, 0.2) is 5.96 Å². The highest BCUT2D eigenvalue weighted by molar-refractivity contribution is 14.0. The van der Waals surface area contributed by atoms with Crippen LogP contribution in [0.1, 0.15) is 40.7 Å². The smallest absolute Gasteiger partial charge is 0.263 e. The number of halogens is 1. The van der Waals surface area contributed by atoms with Gasteiger partial charge in [0.05, 0.1) is 17.7 Å². The van der Waals surface area contributed by atoms with Crippen LogP contribution in [0.25, 0.3) is 0 Å². The molecular formula is C22H33IN6OS. The van der Waals surface area contributed by atoms with Gasteiger partial charge in [0, 0.05) is 38.8 Å². The van der Waals surface area contributed by atoms with Crippen LogP contribution in [-0.4, -0.2) is 60.5 Å². The van der Waals surface area contributed by atoms with Crippen LogP contribution in [0.2, 0.25) is 0 Å². The van der Waals surface area contributed by atoms with E-state index in [1.54, 1.807) is 5.51 Å². The van der Waals surface area contributed by atoms with Crippen molar-refractivity contribution < 1.29 is 4.79 Å². The summed E-state index contributed by atoms with van der Waals surface area (Å²) in [6, 6.07) is 11.1. The molecular weight excluding hydrogens is 523 g/mol. The average Bonchev–Trinajstić information content (AvgIpc) is 3.19. The second kappa shape index (κ2) is 13.6. The fourth-order valence-electron chi connectivity index (χ4n) is 3.53. The molecule has 31 heavy (non-hydrogen) atoms. The molecule has 170 valence electrons. The average molecular weight is 557 g/mol.